The first-order chi connectivity index (χ1) is 8.63. The molecule has 0 aromatic heterocycles. The zero-order valence-electron chi connectivity index (χ0n) is 9.40. The van der Waals surface area contributed by atoms with E-state index < -0.39 is 38.5 Å². The molecular weight excluding hydrogens is 351 g/mol. The van der Waals surface area contributed by atoms with Crippen molar-refractivity contribution < 1.29 is 22.9 Å². The van der Waals surface area contributed by atoms with Crippen LogP contribution in [-0.2, 0) is 4.79 Å². The van der Waals surface area contributed by atoms with Gasteiger partial charge < -0.3 is 0 Å². The number of hydrogen-bond donors (Lipinski definition) is 0. The van der Waals surface area contributed by atoms with E-state index >= 15 is 0 Å². The minimum Gasteiger partial charge on any atom is -0.298 e. The largest absolute Gasteiger partial charge is 0.446 e. The molecule has 0 fully saturated rings. The van der Waals surface area contributed by atoms with Gasteiger partial charge in [0.25, 0.3) is 5.69 Å². The molecule has 1 unspecified atom stereocenters. The van der Waals surface area contributed by atoms with E-state index in [1.807, 2.05) is 0 Å². The van der Waals surface area contributed by atoms with Crippen LogP contribution in [0.5, 0.6) is 0 Å². The van der Waals surface area contributed by atoms with Crippen LogP contribution in [0, 0.1) is 10.1 Å². The Morgan fingerprint density at radius 2 is 2.05 bits per heavy atom. The molecule has 1 aromatic carbocycles. The minimum atomic E-state index is -4.59. The molecule has 0 radical (unpaired) electrons. The number of nitro benzene ring substituents is 1. The fraction of sp³-hybridized carbons (Fsp3) is 0.300. The van der Waals surface area contributed by atoms with Crippen LogP contribution in [0.25, 0.3) is 0 Å². The van der Waals surface area contributed by atoms with Gasteiger partial charge in [0, 0.05) is 11.0 Å². The van der Waals surface area contributed by atoms with Crippen molar-refractivity contribution in [1.29, 1.82) is 0 Å². The number of thioether (sulfide) groups is 1. The summed E-state index contributed by atoms with van der Waals surface area (Å²) in [6.45, 7) is 1.14. The maximum absolute atomic E-state index is 12.4. The van der Waals surface area contributed by atoms with Crippen molar-refractivity contribution in [2.75, 3.05) is 0 Å². The van der Waals surface area contributed by atoms with E-state index in [9.17, 15) is 28.1 Å². The number of nitro groups is 1. The summed E-state index contributed by atoms with van der Waals surface area (Å²) in [7, 11) is 0. The van der Waals surface area contributed by atoms with Gasteiger partial charge >= 0.3 is 5.51 Å². The summed E-state index contributed by atoms with van der Waals surface area (Å²) >= 11 is 2.41. The van der Waals surface area contributed by atoms with Gasteiger partial charge in [0.1, 0.15) is 10.6 Å². The number of nitrogens with zero attached hydrogens (tertiary/aromatic N) is 1. The average Bonchev–Trinajstić information content (AvgIpc) is 2.25. The minimum absolute atomic E-state index is 0.276. The van der Waals surface area contributed by atoms with Crippen molar-refractivity contribution in [3.05, 3.63) is 33.9 Å². The van der Waals surface area contributed by atoms with Crippen LogP contribution in [0.15, 0.2) is 23.1 Å². The predicted octanol–water partition coefficient (Wildman–Crippen LogP) is 4.23. The molecule has 1 aromatic rings. The maximum Gasteiger partial charge on any atom is 0.446 e. The van der Waals surface area contributed by atoms with Crippen LogP contribution < -0.4 is 0 Å². The van der Waals surface area contributed by atoms with Gasteiger partial charge in [-0.2, -0.15) is 13.2 Å². The van der Waals surface area contributed by atoms with Gasteiger partial charge in [0.05, 0.1) is 10.5 Å². The van der Waals surface area contributed by atoms with E-state index in [1.54, 1.807) is 0 Å². The van der Waals surface area contributed by atoms with Crippen LogP contribution in [0.4, 0.5) is 18.9 Å². The first kappa shape index (κ1) is 16.0. The van der Waals surface area contributed by atoms with Crippen molar-refractivity contribution in [2.24, 2.45) is 0 Å². The molecule has 19 heavy (non-hydrogen) atoms. The molecule has 0 saturated heterocycles. The topological polar surface area (TPSA) is 60.2 Å². The Labute approximate surface area is 118 Å². The fourth-order valence-corrected chi connectivity index (χ4v) is 2.72. The highest BCUT2D eigenvalue weighted by Gasteiger charge is 2.35. The third kappa shape index (κ3) is 4.20. The van der Waals surface area contributed by atoms with E-state index in [4.69, 9.17) is 0 Å². The average molecular weight is 358 g/mol. The first-order valence-electron chi connectivity index (χ1n) is 4.81. The molecule has 0 heterocycles. The molecular formula is C10H7BrF3NO3S. The van der Waals surface area contributed by atoms with Crippen LogP contribution in [-0.4, -0.2) is 16.2 Å². The van der Waals surface area contributed by atoms with Crippen molar-refractivity contribution in [1.82, 2.24) is 0 Å². The molecule has 104 valence electrons. The lowest BCUT2D eigenvalue weighted by Gasteiger charge is -2.14. The molecule has 0 spiro atoms. The molecule has 1 atom stereocenters. The highest BCUT2D eigenvalue weighted by molar-refractivity contribution is 9.09. The van der Waals surface area contributed by atoms with E-state index in [0.29, 0.717) is 0 Å². The monoisotopic (exact) mass is 357 g/mol. The molecule has 0 bridgehead atoms. The van der Waals surface area contributed by atoms with Gasteiger partial charge in [-0.05, 0) is 24.8 Å². The number of ketones is 1. The Morgan fingerprint density at radius 3 is 2.47 bits per heavy atom. The van der Waals surface area contributed by atoms with Crippen molar-refractivity contribution in [2.45, 2.75) is 22.2 Å². The van der Waals surface area contributed by atoms with E-state index in [0.717, 1.165) is 25.1 Å². The Kier molecular flexibility index (Phi) is 4.97. The van der Waals surface area contributed by atoms with Gasteiger partial charge in [-0.1, -0.05) is 22.0 Å². The third-order valence-corrected chi connectivity index (χ3v) is 3.99. The Balaban J connectivity index is 3.42. The van der Waals surface area contributed by atoms with Crippen LogP contribution in [0.1, 0.15) is 17.3 Å². The van der Waals surface area contributed by atoms with Gasteiger partial charge in [0.2, 0.25) is 0 Å². The summed E-state index contributed by atoms with van der Waals surface area (Å²) in [6.07, 6.45) is 0. The number of carbonyl (C=O) groups excluding carboxylic acids is 1. The summed E-state index contributed by atoms with van der Waals surface area (Å²) in [6, 6.07) is 3.31. The smallest absolute Gasteiger partial charge is 0.298 e. The van der Waals surface area contributed by atoms with Gasteiger partial charge in [-0.15, -0.1) is 0 Å². The highest BCUT2D eigenvalue weighted by Crippen LogP contribution is 2.45. The molecule has 0 saturated carbocycles. The molecule has 0 aliphatic carbocycles. The third-order valence-electron chi connectivity index (χ3n) is 2.08. The highest BCUT2D eigenvalue weighted by atomic mass is 79.9. The van der Waals surface area contributed by atoms with E-state index in [-0.39, 0.29) is 10.5 Å². The van der Waals surface area contributed by atoms with Gasteiger partial charge in [0.15, 0.2) is 0 Å². The number of halogens is 4. The van der Waals surface area contributed by atoms with Crippen LogP contribution >= 0.6 is 27.7 Å². The van der Waals surface area contributed by atoms with Crippen molar-refractivity contribution >= 4 is 39.2 Å². The second-order valence-electron chi connectivity index (χ2n) is 3.47. The Morgan fingerprint density at radius 1 is 1.47 bits per heavy atom. The fourth-order valence-electron chi connectivity index (χ4n) is 1.36. The first-order valence-corrected chi connectivity index (χ1v) is 6.54. The number of rotatable bonds is 4. The lowest BCUT2D eigenvalue weighted by Crippen LogP contribution is -2.09. The van der Waals surface area contributed by atoms with E-state index in [1.165, 1.54) is 0 Å². The molecule has 0 amide bonds. The van der Waals surface area contributed by atoms with E-state index in [2.05, 4.69) is 15.9 Å². The zero-order valence-corrected chi connectivity index (χ0v) is 11.8. The predicted molar refractivity (Wildman–Crippen MR) is 67.4 cm³/mol. The lowest BCUT2D eigenvalue weighted by atomic mass is 10.1. The van der Waals surface area contributed by atoms with Gasteiger partial charge in [-0.3, -0.25) is 14.9 Å². The SMILES string of the molecule is CC(=O)C(Br)c1c(SC(F)(F)F)cccc1[N+](=O)[O-]. The number of benzene rings is 1. The van der Waals surface area contributed by atoms with Crippen molar-refractivity contribution in [3.63, 3.8) is 0 Å². The molecule has 9 heteroatoms. The zero-order chi connectivity index (χ0) is 14.8. The Hall–Kier alpha value is -1.09. The standard InChI is InChI=1S/C10H7BrF3NO3S/c1-5(16)9(11)8-6(15(17)18)3-2-4-7(8)19-10(12,13)14/h2-4,9H,1H3. The van der Waals surface area contributed by atoms with Crippen LogP contribution in [0.3, 0.4) is 0 Å². The maximum atomic E-state index is 12.4. The molecule has 0 aliphatic rings. The second-order valence-corrected chi connectivity index (χ2v) is 5.49. The summed E-state index contributed by atoms with van der Waals surface area (Å²) in [5.41, 5.74) is -5.39. The summed E-state index contributed by atoms with van der Waals surface area (Å²) < 4.78 is 37.2. The molecule has 0 aliphatic heterocycles. The lowest BCUT2D eigenvalue weighted by molar-refractivity contribution is -0.385. The van der Waals surface area contributed by atoms with Gasteiger partial charge in [-0.25, -0.2) is 0 Å². The number of alkyl halides is 4. The van der Waals surface area contributed by atoms with Crippen LogP contribution in [0.2, 0.25) is 0 Å². The number of hydrogen-bond acceptors (Lipinski definition) is 4. The summed E-state index contributed by atoms with van der Waals surface area (Å²) in [4.78, 5) is 19.8. The molecule has 4 nitrogen and oxygen atoms in total. The summed E-state index contributed by atoms with van der Waals surface area (Å²) in [5.74, 6) is -0.515. The van der Waals surface area contributed by atoms with Crippen molar-refractivity contribution in [3.8, 4) is 0 Å². The quantitative estimate of drug-likeness (QED) is 0.350. The number of carbonyl (C=O) groups is 1. The normalized spacial score (nSPS) is 13.1. The molecule has 0 N–H and O–H groups in total. The second kappa shape index (κ2) is 5.91. The Bertz CT molecular complexity index is 521. The summed E-state index contributed by atoms with van der Waals surface area (Å²) in [5, 5.41) is 10.8. The number of Topliss-reactive ketones (excluding diaryl/α,β-unsaturated/α-hetero) is 1. The molecule has 1 rings (SSSR count).